The monoisotopic (exact) mass is 250 g/mol. The molecule has 6 heteroatoms. The molecule has 0 saturated carbocycles. The Morgan fingerprint density at radius 3 is 3.06 bits per heavy atom. The molecule has 1 heterocycles. The Kier molecular flexibility index (Phi) is 3.57. The summed E-state index contributed by atoms with van der Waals surface area (Å²) in [5, 5.41) is 5.74. The zero-order chi connectivity index (χ0) is 13.1. The first kappa shape index (κ1) is 12.5. The first-order valence-electron chi connectivity index (χ1n) is 5.70. The lowest BCUT2D eigenvalue weighted by atomic mass is 10.1. The first-order valence-corrected chi connectivity index (χ1v) is 5.70. The van der Waals surface area contributed by atoms with Gasteiger partial charge in [0.15, 0.2) is 0 Å². The third kappa shape index (κ3) is 2.48. The number of halogens is 1. The molecule has 1 unspecified atom stereocenters. The van der Waals surface area contributed by atoms with Crippen LogP contribution in [0.1, 0.15) is 17.3 Å². The van der Waals surface area contributed by atoms with Crippen LogP contribution in [0.15, 0.2) is 18.5 Å². The molecule has 0 aliphatic carbocycles. The number of aromatic nitrogens is 2. The van der Waals surface area contributed by atoms with Crippen molar-refractivity contribution in [1.82, 2.24) is 20.6 Å². The molecule has 2 rings (SSSR count). The highest BCUT2D eigenvalue weighted by atomic mass is 19.1. The predicted octanol–water partition coefficient (Wildman–Crippen LogP) is 1.04. The van der Waals surface area contributed by atoms with Crippen molar-refractivity contribution in [1.29, 1.82) is 0 Å². The number of imidazole rings is 1. The first-order chi connectivity index (χ1) is 8.61. The molecule has 0 spiro atoms. The quantitative estimate of drug-likeness (QED) is 0.759. The average molecular weight is 250 g/mol. The molecule has 18 heavy (non-hydrogen) atoms. The van der Waals surface area contributed by atoms with Gasteiger partial charge >= 0.3 is 0 Å². The zero-order valence-corrected chi connectivity index (χ0v) is 10.2. The number of nitrogens with one attached hydrogen (secondary N) is 3. The van der Waals surface area contributed by atoms with Crippen molar-refractivity contribution in [2.45, 2.75) is 13.0 Å². The SMILES string of the molecule is CNC(C)CNC(=O)c1cc(F)cc2[nH]cnc12. The number of H-pyrrole nitrogens is 1. The summed E-state index contributed by atoms with van der Waals surface area (Å²) in [4.78, 5) is 18.8. The lowest BCUT2D eigenvalue weighted by Gasteiger charge is -2.11. The highest BCUT2D eigenvalue weighted by Crippen LogP contribution is 2.16. The maximum Gasteiger partial charge on any atom is 0.253 e. The summed E-state index contributed by atoms with van der Waals surface area (Å²) in [5.41, 5.74) is 1.24. The van der Waals surface area contributed by atoms with Crippen LogP contribution in [-0.2, 0) is 0 Å². The summed E-state index contributed by atoms with van der Waals surface area (Å²) in [6.45, 7) is 2.41. The lowest BCUT2D eigenvalue weighted by Crippen LogP contribution is -2.37. The van der Waals surface area contributed by atoms with Crippen molar-refractivity contribution in [2.75, 3.05) is 13.6 Å². The molecule has 0 saturated heterocycles. The number of likely N-dealkylation sites (N-methyl/N-ethyl adjacent to an activating group) is 1. The van der Waals surface area contributed by atoms with Crippen LogP contribution in [0.5, 0.6) is 0 Å². The Morgan fingerprint density at radius 2 is 2.33 bits per heavy atom. The predicted molar refractivity (Wildman–Crippen MR) is 66.9 cm³/mol. The van der Waals surface area contributed by atoms with E-state index in [1.807, 2.05) is 14.0 Å². The molecule has 0 bridgehead atoms. The van der Waals surface area contributed by atoms with Crippen molar-refractivity contribution >= 4 is 16.9 Å². The Bertz CT molecular complexity index is 566. The molecule has 1 aromatic heterocycles. The van der Waals surface area contributed by atoms with Crippen LogP contribution < -0.4 is 10.6 Å². The minimum atomic E-state index is -0.460. The second-order valence-corrected chi connectivity index (χ2v) is 4.15. The van der Waals surface area contributed by atoms with Gasteiger partial charge < -0.3 is 15.6 Å². The van der Waals surface area contributed by atoms with Crippen molar-refractivity contribution < 1.29 is 9.18 Å². The number of hydrogen-bond acceptors (Lipinski definition) is 3. The Labute approximate surface area is 104 Å². The van der Waals surface area contributed by atoms with Gasteiger partial charge in [-0.05, 0) is 26.1 Å². The third-order valence-electron chi connectivity index (χ3n) is 2.79. The standard InChI is InChI=1S/C12H15FN4O/c1-7(14-2)5-15-12(18)9-3-8(13)4-10-11(9)17-6-16-10/h3-4,6-7,14H,5H2,1-2H3,(H,15,18)(H,16,17). The summed E-state index contributed by atoms with van der Waals surface area (Å²) in [5.74, 6) is -0.785. The smallest absolute Gasteiger partial charge is 0.253 e. The highest BCUT2D eigenvalue weighted by Gasteiger charge is 2.14. The van der Waals surface area contributed by atoms with Crippen LogP contribution in [0.2, 0.25) is 0 Å². The van der Waals surface area contributed by atoms with E-state index in [1.165, 1.54) is 18.5 Å². The highest BCUT2D eigenvalue weighted by molar-refractivity contribution is 6.04. The van der Waals surface area contributed by atoms with Crippen LogP contribution in [0.4, 0.5) is 4.39 Å². The molecule has 1 aromatic carbocycles. The maximum atomic E-state index is 13.4. The van der Waals surface area contributed by atoms with E-state index in [4.69, 9.17) is 0 Å². The molecule has 3 N–H and O–H groups in total. The molecular weight excluding hydrogens is 235 g/mol. The van der Waals surface area contributed by atoms with E-state index in [9.17, 15) is 9.18 Å². The number of hydrogen-bond donors (Lipinski definition) is 3. The number of carbonyl (C=O) groups is 1. The molecule has 1 amide bonds. The second-order valence-electron chi connectivity index (χ2n) is 4.15. The Hall–Kier alpha value is -1.95. The second kappa shape index (κ2) is 5.14. The molecule has 5 nitrogen and oxygen atoms in total. The molecule has 0 aliphatic rings. The molecule has 2 aromatic rings. The van der Waals surface area contributed by atoms with Crippen molar-refractivity contribution in [3.63, 3.8) is 0 Å². The fourth-order valence-electron chi connectivity index (χ4n) is 1.63. The number of aromatic amines is 1. The van der Waals surface area contributed by atoms with Gasteiger partial charge in [-0.1, -0.05) is 0 Å². The van der Waals surface area contributed by atoms with Crippen LogP contribution in [-0.4, -0.2) is 35.5 Å². The molecule has 0 aliphatic heterocycles. The number of rotatable bonds is 4. The van der Waals surface area contributed by atoms with Gasteiger partial charge in [0.2, 0.25) is 0 Å². The maximum absolute atomic E-state index is 13.4. The van der Waals surface area contributed by atoms with Gasteiger partial charge in [0, 0.05) is 12.6 Å². The number of amides is 1. The number of nitrogens with zero attached hydrogens (tertiary/aromatic N) is 1. The molecule has 96 valence electrons. The van der Waals surface area contributed by atoms with E-state index in [-0.39, 0.29) is 17.5 Å². The van der Waals surface area contributed by atoms with E-state index in [1.54, 1.807) is 0 Å². The van der Waals surface area contributed by atoms with E-state index in [0.717, 1.165) is 0 Å². The third-order valence-corrected chi connectivity index (χ3v) is 2.79. The largest absolute Gasteiger partial charge is 0.350 e. The van der Waals surface area contributed by atoms with Crippen LogP contribution in [0.25, 0.3) is 11.0 Å². The van der Waals surface area contributed by atoms with E-state index in [2.05, 4.69) is 20.6 Å². The summed E-state index contributed by atoms with van der Waals surface area (Å²) in [6, 6.07) is 2.66. The molecule has 0 fully saturated rings. The van der Waals surface area contributed by atoms with Crippen LogP contribution >= 0.6 is 0 Å². The summed E-state index contributed by atoms with van der Waals surface area (Å²) in [7, 11) is 1.81. The van der Waals surface area contributed by atoms with E-state index < -0.39 is 5.82 Å². The zero-order valence-electron chi connectivity index (χ0n) is 10.2. The van der Waals surface area contributed by atoms with Crippen LogP contribution in [0, 0.1) is 5.82 Å². The van der Waals surface area contributed by atoms with Crippen molar-refractivity contribution in [3.05, 3.63) is 29.8 Å². The van der Waals surface area contributed by atoms with Gasteiger partial charge in [-0.2, -0.15) is 0 Å². The van der Waals surface area contributed by atoms with Gasteiger partial charge in [-0.15, -0.1) is 0 Å². The topological polar surface area (TPSA) is 69.8 Å². The minimum Gasteiger partial charge on any atom is -0.350 e. The van der Waals surface area contributed by atoms with Crippen molar-refractivity contribution in [3.8, 4) is 0 Å². The van der Waals surface area contributed by atoms with Gasteiger partial charge in [0.05, 0.1) is 17.4 Å². The summed E-state index contributed by atoms with van der Waals surface area (Å²) < 4.78 is 13.4. The van der Waals surface area contributed by atoms with Gasteiger partial charge in [-0.25, -0.2) is 9.37 Å². The summed E-state index contributed by atoms with van der Waals surface area (Å²) in [6.07, 6.45) is 1.44. The fourth-order valence-corrected chi connectivity index (χ4v) is 1.63. The molecule has 0 radical (unpaired) electrons. The lowest BCUT2D eigenvalue weighted by molar-refractivity contribution is 0.0951. The van der Waals surface area contributed by atoms with Crippen LogP contribution in [0.3, 0.4) is 0 Å². The van der Waals surface area contributed by atoms with Crippen molar-refractivity contribution in [2.24, 2.45) is 0 Å². The fraction of sp³-hybridized carbons (Fsp3) is 0.333. The van der Waals surface area contributed by atoms with Gasteiger partial charge in [-0.3, -0.25) is 4.79 Å². The van der Waals surface area contributed by atoms with E-state index in [0.29, 0.717) is 17.6 Å². The summed E-state index contributed by atoms with van der Waals surface area (Å²) >= 11 is 0. The van der Waals surface area contributed by atoms with Gasteiger partial charge in [0.1, 0.15) is 11.3 Å². The number of carbonyl (C=O) groups excluding carboxylic acids is 1. The average Bonchev–Trinajstić information content (AvgIpc) is 2.82. The number of fused-ring (bicyclic) bond motifs is 1. The van der Waals surface area contributed by atoms with E-state index >= 15 is 0 Å². The Morgan fingerprint density at radius 1 is 1.56 bits per heavy atom. The minimum absolute atomic E-state index is 0.150. The number of benzene rings is 1. The Balaban J connectivity index is 2.24. The molecule has 1 atom stereocenters. The molecular formula is C12H15FN4O. The normalized spacial score (nSPS) is 12.6. The van der Waals surface area contributed by atoms with Gasteiger partial charge in [0.25, 0.3) is 5.91 Å².